The van der Waals surface area contributed by atoms with E-state index in [1.54, 1.807) is 0 Å². The van der Waals surface area contributed by atoms with Crippen LogP contribution in [0.4, 0.5) is 0 Å². The first-order valence-electron chi connectivity index (χ1n) is 4.01. The van der Waals surface area contributed by atoms with Gasteiger partial charge in [0.1, 0.15) is 23.1 Å². The van der Waals surface area contributed by atoms with Crippen LogP contribution in [0, 0.1) is 11.3 Å². The van der Waals surface area contributed by atoms with Gasteiger partial charge in [0.2, 0.25) is 0 Å². The number of carbonyl (C=O) groups is 1. The van der Waals surface area contributed by atoms with Crippen molar-refractivity contribution in [3.05, 3.63) is 23.3 Å². The number of carboxylic acids is 1. The summed E-state index contributed by atoms with van der Waals surface area (Å²) < 4.78 is 9.75. The fourth-order valence-electron chi connectivity index (χ4n) is 1.14. The van der Waals surface area contributed by atoms with Crippen molar-refractivity contribution in [1.29, 1.82) is 5.26 Å². The summed E-state index contributed by atoms with van der Waals surface area (Å²) in [6, 6.07) is 4.31. The third-order valence-corrected chi connectivity index (χ3v) is 1.85. The van der Waals surface area contributed by atoms with Gasteiger partial charge in [-0.25, -0.2) is 0 Å². The van der Waals surface area contributed by atoms with Gasteiger partial charge in [0.15, 0.2) is 0 Å². The molecule has 0 amide bonds. The van der Waals surface area contributed by atoms with Crippen molar-refractivity contribution in [3.63, 3.8) is 0 Å². The summed E-state index contributed by atoms with van der Waals surface area (Å²) in [7, 11) is 2.68. The number of rotatable bonds is 3. The van der Waals surface area contributed by atoms with E-state index in [0.717, 1.165) is 0 Å². The smallest absolute Gasteiger partial charge is 0.545 e. The van der Waals surface area contributed by atoms with Crippen molar-refractivity contribution in [3.8, 4) is 17.6 Å². The van der Waals surface area contributed by atoms with Gasteiger partial charge in [0.05, 0.1) is 20.2 Å². The van der Waals surface area contributed by atoms with Crippen molar-refractivity contribution in [2.75, 3.05) is 14.2 Å². The molecule has 0 aliphatic heterocycles. The molecule has 0 aliphatic rings. The molecule has 1 aromatic carbocycles. The third kappa shape index (κ3) is 2.89. The second-order valence-electron chi connectivity index (χ2n) is 2.66. The minimum atomic E-state index is -1.35. The Bertz CT molecular complexity index is 414. The minimum absolute atomic E-state index is 0. The molecule has 1 aromatic rings. The molecule has 0 saturated heterocycles. The topological polar surface area (TPSA) is 82.4 Å². The number of hydrogen-bond acceptors (Lipinski definition) is 5. The fourth-order valence-corrected chi connectivity index (χ4v) is 1.14. The SMILES string of the molecule is COc1cc(C(=O)[O-])cc(OC)c1C#N.[Na+]. The number of methoxy groups -OCH3 is 2. The Balaban J connectivity index is 0.00000225. The van der Waals surface area contributed by atoms with E-state index in [1.165, 1.54) is 26.4 Å². The molecule has 0 atom stereocenters. The van der Waals surface area contributed by atoms with E-state index in [0.29, 0.717) is 0 Å². The molecule has 0 aromatic heterocycles. The molecular formula is C10H8NNaO4. The number of hydrogen-bond donors (Lipinski definition) is 0. The molecule has 0 radical (unpaired) electrons. The van der Waals surface area contributed by atoms with E-state index in [2.05, 4.69) is 0 Å². The normalized spacial score (nSPS) is 8.56. The van der Waals surface area contributed by atoms with Gasteiger partial charge in [-0.1, -0.05) is 0 Å². The maximum atomic E-state index is 10.6. The summed E-state index contributed by atoms with van der Waals surface area (Å²) in [4.78, 5) is 10.6. The van der Waals surface area contributed by atoms with E-state index in [-0.39, 0.29) is 52.2 Å². The standard InChI is InChI=1S/C10H9NO4.Na/c1-14-8-3-6(10(12)13)4-9(15-2)7(8)5-11;/h3-4H,1-2H3,(H,12,13);/q;+1/p-1. The summed E-state index contributed by atoms with van der Waals surface area (Å²) in [5.41, 5.74) is 0.0627. The number of carbonyl (C=O) groups excluding carboxylic acids is 1. The van der Waals surface area contributed by atoms with E-state index in [4.69, 9.17) is 14.7 Å². The van der Waals surface area contributed by atoms with Gasteiger partial charge in [-0.15, -0.1) is 0 Å². The fraction of sp³-hybridized carbons (Fsp3) is 0.200. The molecule has 0 N–H and O–H groups in total. The van der Waals surface area contributed by atoms with Crippen LogP contribution in [-0.4, -0.2) is 20.2 Å². The monoisotopic (exact) mass is 229 g/mol. The first kappa shape index (κ1) is 14.8. The van der Waals surface area contributed by atoms with Crippen LogP contribution in [0.25, 0.3) is 0 Å². The number of carboxylic acid groups (broad SMARTS) is 1. The number of nitriles is 1. The maximum Gasteiger partial charge on any atom is 1.00 e. The van der Waals surface area contributed by atoms with Crippen LogP contribution in [0.15, 0.2) is 12.1 Å². The van der Waals surface area contributed by atoms with Gasteiger partial charge in [-0.2, -0.15) is 5.26 Å². The Labute approximate surface area is 115 Å². The number of nitrogens with zero attached hydrogens (tertiary/aromatic N) is 1. The molecule has 16 heavy (non-hydrogen) atoms. The van der Waals surface area contributed by atoms with E-state index in [9.17, 15) is 9.90 Å². The summed E-state index contributed by atoms with van der Waals surface area (Å²) in [6.07, 6.45) is 0. The van der Waals surface area contributed by atoms with E-state index >= 15 is 0 Å². The maximum absolute atomic E-state index is 10.6. The van der Waals surface area contributed by atoms with Crippen LogP contribution in [0.2, 0.25) is 0 Å². The van der Waals surface area contributed by atoms with Gasteiger partial charge < -0.3 is 19.4 Å². The van der Waals surface area contributed by atoms with Crippen molar-refractivity contribution < 1.29 is 48.9 Å². The number of benzene rings is 1. The zero-order chi connectivity index (χ0) is 11.4. The molecule has 78 valence electrons. The largest absolute Gasteiger partial charge is 1.00 e. The van der Waals surface area contributed by atoms with E-state index in [1.807, 2.05) is 6.07 Å². The second kappa shape index (κ2) is 6.38. The molecule has 0 bridgehead atoms. The first-order valence-corrected chi connectivity index (χ1v) is 4.01. The predicted octanol–water partition coefficient (Wildman–Crippen LogP) is -3.06. The van der Waals surface area contributed by atoms with Gasteiger partial charge in [0, 0.05) is 5.56 Å². The van der Waals surface area contributed by atoms with Gasteiger partial charge in [0.25, 0.3) is 0 Å². The van der Waals surface area contributed by atoms with Crippen LogP contribution < -0.4 is 44.1 Å². The Morgan fingerprint density at radius 3 is 2.00 bits per heavy atom. The van der Waals surface area contributed by atoms with Gasteiger partial charge in [-0.05, 0) is 12.1 Å². The van der Waals surface area contributed by atoms with E-state index < -0.39 is 5.97 Å². The van der Waals surface area contributed by atoms with Crippen LogP contribution in [-0.2, 0) is 0 Å². The Kier molecular flexibility index (Phi) is 5.89. The minimum Gasteiger partial charge on any atom is -0.545 e. The third-order valence-electron chi connectivity index (χ3n) is 1.85. The van der Waals surface area contributed by atoms with Crippen molar-refractivity contribution in [2.45, 2.75) is 0 Å². The molecule has 0 spiro atoms. The van der Waals surface area contributed by atoms with Crippen LogP contribution in [0.5, 0.6) is 11.5 Å². The summed E-state index contributed by atoms with van der Waals surface area (Å²) in [6.45, 7) is 0. The summed E-state index contributed by atoms with van der Waals surface area (Å²) in [5.74, 6) is -1.05. The van der Waals surface area contributed by atoms with Crippen LogP contribution in [0.3, 0.4) is 0 Å². The molecule has 5 nitrogen and oxygen atoms in total. The summed E-state index contributed by atoms with van der Waals surface area (Å²) >= 11 is 0. The quantitative estimate of drug-likeness (QED) is 0.514. The second-order valence-corrected chi connectivity index (χ2v) is 2.66. The number of aromatic carboxylic acids is 1. The molecule has 0 saturated carbocycles. The zero-order valence-corrected chi connectivity index (χ0v) is 11.2. The van der Waals surface area contributed by atoms with Crippen LogP contribution >= 0.6 is 0 Å². The summed E-state index contributed by atoms with van der Waals surface area (Å²) in [5, 5.41) is 19.4. The van der Waals surface area contributed by atoms with Gasteiger partial charge >= 0.3 is 29.6 Å². The van der Waals surface area contributed by atoms with Crippen molar-refractivity contribution in [1.82, 2.24) is 0 Å². The zero-order valence-electron chi connectivity index (χ0n) is 9.23. The molecule has 1 rings (SSSR count). The molecular weight excluding hydrogens is 221 g/mol. The molecule has 6 heteroatoms. The van der Waals surface area contributed by atoms with Crippen molar-refractivity contribution in [2.24, 2.45) is 0 Å². The molecule has 0 unspecified atom stereocenters. The average Bonchev–Trinajstić information content (AvgIpc) is 2.26. The predicted molar refractivity (Wildman–Crippen MR) is 48.6 cm³/mol. The molecule has 0 aliphatic carbocycles. The van der Waals surface area contributed by atoms with Gasteiger partial charge in [-0.3, -0.25) is 0 Å². The first-order chi connectivity index (χ1) is 7.13. The Hall–Kier alpha value is -1.22. The van der Waals surface area contributed by atoms with Crippen molar-refractivity contribution >= 4 is 5.97 Å². The Morgan fingerprint density at radius 2 is 1.75 bits per heavy atom. The Morgan fingerprint density at radius 1 is 1.31 bits per heavy atom. The molecule has 0 fully saturated rings. The number of ether oxygens (including phenoxy) is 2. The van der Waals surface area contributed by atoms with Crippen LogP contribution in [0.1, 0.15) is 15.9 Å². The average molecular weight is 229 g/mol. The molecule has 0 heterocycles.